The van der Waals surface area contributed by atoms with E-state index in [1.165, 1.54) is 6.92 Å². The normalized spacial score (nSPS) is 28.4. The average Bonchev–Trinajstić information content (AvgIpc) is 3.31. The highest BCUT2D eigenvalue weighted by molar-refractivity contribution is 5.66. The Labute approximate surface area is 128 Å². The summed E-state index contributed by atoms with van der Waals surface area (Å²) in [6, 6.07) is 0. The minimum Gasteiger partial charge on any atom is -0.462 e. The lowest BCUT2D eigenvalue weighted by molar-refractivity contribution is -0.142. The molecule has 0 spiro atoms. The first-order valence-corrected chi connectivity index (χ1v) is 7.80. The van der Waals surface area contributed by atoms with Crippen LogP contribution in [0.4, 0.5) is 0 Å². The van der Waals surface area contributed by atoms with Crippen LogP contribution in [0.2, 0.25) is 0 Å². The van der Waals surface area contributed by atoms with Gasteiger partial charge in [0.05, 0.1) is 6.10 Å². The van der Waals surface area contributed by atoms with Crippen LogP contribution in [0.5, 0.6) is 0 Å². The fourth-order valence-corrected chi connectivity index (χ4v) is 2.36. The SMILES string of the molecule is C#CCCCC1CC1O.C#CCCCC1CC1OC(C)=O. The van der Waals surface area contributed by atoms with E-state index in [2.05, 4.69) is 11.8 Å². The summed E-state index contributed by atoms with van der Waals surface area (Å²) in [4.78, 5) is 10.5. The molecule has 0 aromatic heterocycles. The Morgan fingerprint density at radius 1 is 1.14 bits per heavy atom. The van der Waals surface area contributed by atoms with E-state index in [0.717, 1.165) is 51.4 Å². The first-order chi connectivity index (χ1) is 10.1. The molecule has 0 aromatic rings. The Kier molecular flexibility index (Phi) is 7.95. The van der Waals surface area contributed by atoms with Gasteiger partial charge in [-0.15, -0.1) is 24.7 Å². The van der Waals surface area contributed by atoms with Crippen LogP contribution in [0.25, 0.3) is 0 Å². The molecular weight excluding hydrogens is 264 g/mol. The number of hydrogen-bond donors (Lipinski definition) is 1. The Morgan fingerprint density at radius 3 is 2.10 bits per heavy atom. The summed E-state index contributed by atoms with van der Waals surface area (Å²) < 4.78 is 5.01. The molecule has 4 unspecified atom stereocenters. The molecule has 0 amide bonds. The summed E-state index contributed by atoms with van der Waals surface area (Å²) in [6.45, 7) is 1.46. The van der Waals surface area contributed by atoms with Gasteiger partial charge in [-0.05, 0) is 50.4 Å². The molecule has 2 fully saturated rings. The van der Waals surface area contributed by atoms with Crippen molar-refractivity contribution in [2.24, 2.45) is 11.8 Å². The third-order valence-electron chi connectivity index (χ3n) is 3.85. The molecule has 3 heteroatoms. The third kappa shape index (κ3) is 8.43. The van der Waals surface area contributed by atoms with Crippen molar-refractivity contribution in [3.05, 3.63) is 0 Å². The minimum atomic E-state index is -0.167. The monoisotopic (exact) mass is 290 g/mol. The van der Waals surface area contributed by atoms with E-state index in [9.17, 15) is 4.79 Å². The van der Waals surface area contributed by atoms with Gasteiger partial charge in [-0.1, -0.05) is 0 Å². The van der Waals surface area contributed by atoms with Crippen LogP contribution in [0.3, 0.4) is 0 Å². The molecule has 2 aliphatic carbocycles. The van der Waals surface area contributed by atoms with Gasteiger partial charge in [-0.25, -0.2) is 0 Å². The number of hydrogen-bond acceptors (Lipinski definition) is 3. The zero-order chi connectivity index (χ0) is 15.7. The zero-order valence-electron chi connectivity index (χ0n) is 12.9. The van der Waals surface area contributed by atoms with Gasteiger partial charge in [0.15, 0.2) is 0 Å². The zero-order valence-corrected chi connectivity index (χ0v) is 12.9. The van der Waals surface area contributed by atoms with E-state index in [1.54, 1.807) is 0 Å². The molecule has 0 bridgehead atoms. The largest absolute Gasteiger partial charge is 0.462 e. The lowest BCUT2D eigenvalue weighted by atomic mass is 10.2. The van der Waals surface area contributed by atoms with Crippen LogP contribution in [0, 0.1) is 36.5 Å². The quantitative estimate of drug-likeness (QED) is 0.445. The summed E-state index contributed by atoms with van der Waals surface area (Å²) in [6.07, 6.45) is 18.5. The van der Waals surface area contributed by atoms with E-state index in [4.69, 9.17) is 22.7 Å². The second-order valence-corrected chi connectivity index (χ2v) is 5.90. The van der Waals surface area contributed by atoms with Gasteiger partial charge in [0.1, 0.15) is 6.10 Å². The number of carbonyl (C=O) groups is 1. The van der Waals surface area contributed by atoms with E-state index in [-0.39, 0.29) is 18.2 Å². The predicted octanol–water partition coefficient (Wildman–Crippen LogP) is 2.91. The van der Waals surface area contributed by atoms with E-state index < -0.39 is 0 Å². The third-order valence-corrected chi connectivity index (χ3v) is 3.85. The van der Waals surface area contributed by atoms with Crippen LogP contribution < -0.4 is 0 Å². The van der Waals surface area contributed by atoms with Crippen LogP contribution in [-0.2, 0) is 9.53 Å². The number of aliphatic hydroxyl groups is 1. The summed E-state index contributed by atoms with van der Waals surface area (Å²) in [5.41, 5.74) is 0. The van der Waals surface area contributed by atoms with Gasteiger partial charge < -0.3 is 9.84 Å². The molecule has 4 atom stereocenters. The van der Waals surface area contributed by atoms with Crippen molar-refractivity contribution < 1.29 is 14.6 Å². The van der Waals surface area contributed by atoms with Crippen molar-refractivity contribution in [3.63, 3.8) is 0 Å². The van der Waals surface area contributed by atoms with Gasteiger partial charge >= 0.3 is 5.97 Å². The molecule has 0 aliphatic heterocycles. The Bertz CT molecular complexity index is 402. The van der Waals surface area contributed by atoms with Gasteiger partial charge in [-0.2, -0.15) is 0 Å². The lowest BCUT2D eigenvalue weighted by Crippen LogP contribution is -2.02. The van der Waals surface area contributed by atoms with Crippen LogP contribution in [-0.4, -0.2) is 23.3 Å². The number of terminal acetylenes is 2. The molecule has 21 heavy (non-hydrogen) atoms. The highest BCUT2D eigenvalue weighted by atomic mass is 16.5. The summed E-state index contributed by atoms with van der Waals surface area (Å²) >= 11 is 0. The van der Waals surface area contributed by atoms with Crippen LogP contribution in [0.1, 0.15) is 58.3 Å². The average molecular weight is 290 g/mol. The first-order valence-electron chi connectivity index (χ1n) is 7.80. The fourth-order valence-electron chi connectivity index (χ4n) is 2.36. The number of aliphatic hydroxyl groups excluding tert-OH is 1. The maximum atomic E-state index is 10.5. The van der Waals surface area contributed by atoms with Crippen LogP contribution >= 0.6 is 0 Å². The predicted molar refractivity (Wildman–Crippen MR) is 83.1 cm³/mol. The lowest BCUT2D eigenvalue weighted by Gasteiger charge is -1.98. The fraction of sp³-hybridized carbons (Fsp3) is 0.722. The van der Waals surface area contributed by atoms with Crippen molar-refractivity contribution in [2.45, 2.75) is 70.5 Å². The minimum absolute atomic E-state index is 0.00257. The topological polar surface area (TPSA) is 46.5 Å². The molecule has 0 saturated heterocycles. The highest BCUT2D eigenvalue weighted by Gasteiger charge is 2.39. The van der Waals surface area contributed by atoms with Crippen molar-refractivity contribution in [1.82, 2.24) is 0 Å². The second kappa shape index (κ2) is 9.48. The van der Waals surface area contributed by atoms with Crippen molar-refractivity contribution >= 4 is 5.97 Å². The van der Waals surface area contributed by atoms with Crippen molar-refractivity contribution in [3.8, 4) is 24.7 Å². The van der Waals surface area contributed by atoms with E-state index in [1.807, 2.05) is 0 Å². The molecule has 0 aromatic carbocycles. The van der Waals surface area contributed by atoms with Gasteiger partial charge in [-0.3, -0.25) is 4.79 Å². The molecule has 0 radical (unpaired) electrons. The molecule has 0 heterocycles. The van der Waals surface area contributed by atoms with Crippen molar-refractivity contribution in [1.29, 1.82) is 0 Å². The second-order valence-electron chi connectivity index (χ2n) is 5.90. The van der Waals surface area contributed by atoms with Gasteiger partial charge in [0.2, 0.25) is 0 Å². The molecule has 2 saturated carbocycles. The highest BCUT2D eigenvalue weighted by Crippen LogP contribution is 2.37. The molecule has 116 valence electrons. The number of esters is 1. The summed E-state index contributed by atoms with van der Waals surface area (Å²) in [5, 5.41) is 8.87. The van der Waals surface area contributed by atoms with E-state index in [0.29, 0.717) is 11.8 Å². The Balaban J connectivity index is 0.000000219. The first kappa shape index (κ1) is 17.6. The summed E-state index contributed by atoms with van der Waals surface area (Å²) in [7, 11) is 0. The maximum absolute atomic E-state index is 10.5. The van der Waals surface area contributed by atoms with Crippen molar-refractivity contribution in [2.75, 3.05) is 0 Å². The van der Waals surface area contributed by atoms with Gasteiger partial charge in [0.25, 0.3) is 0 Å². The number of rotatable bonds is 7. The molecule has 1 N–H and O–H groups in total. The standard InChI is InChI=1S/C10H14O2.C8H12O/c1-3-4-5-6-9-7-10(9)12-8(2)11;1-2-3-4-5-7-6-8(7)9/h1,9-10H,4-7H2,2H3;1,7-9H,3-6H2. The van der Waals surface area contributed by atoms with Crippen LogP contribution in [0.15, 0.2) is 0 Å². The Morgan fingerprint density at radius 2 is 1.67 bits per heavy atom. The van der Waals surface area contributed by atoms with E-state index >= 15 is 0 Å². The smallest absolute Gasteiger partial charge is 0.302 e. The molecule has 3 nitrogen and oxygen atoms in total. The number of ether oxygens (including phenoxy) is 1. The number of carbonyl (C=O) groups excluding carboxylic acids is 1. The van der Waals surface area contributed by atoms with Gasteiger partial charge in [0, 0.05) is 19.8 Å². The molecular formula is C18H26O3. The number of unbranched alkanes of at least 4 members (excludes halogenated alkanes) is 2. The molecule has 2 rings (SSSR count). The molecule has 2 aliphatic rings. The maximum Gasteiger partial charge on any atom is 0.302 e. The summed E-state index contributed by atoms with van der Waals surface area (Å²) in [5.74, 6) is 6.18. The Hall–Kier alpha value is -1.45.